The van der Waals surface area contributed by atoms with Gasteiger partial charge in [0.1, 0.15) is 0 Å². The molecule has 102 valence electrons. The summed E-state index contributed by atoms with van der Waals surface area (Å²) in [4.78, 5) is 0. The summed E-state index contributed by atoms with van der Waals surface area (Å²) in [5.41, 5.74) is 0. The monoisotopic (exact) mass is 264 g/mol. The third-order valence-corrected chi connectivity index (χ3v) is 5.17. The first kappa shape index (κ1) is 14.9. The number of hydrogen-bond acceptors (Lipinski definition) is 3. The first-order valence-electron chi connectivity index (χ1n) is 6.44. The molecule has 0 bridgehead atoms. The zero-order chi connectivity index (χ0) is 12.9. The van der Waals surface area contributed by atoms with E-state index in [1.165, 1.54) is 4.31 Å². The summed E-state index contributed by atoms with van der Waals surface area (Å²) >= 11 is 0. The molecule has 0 heterocycles. The van der Waals surface area contributed by atoms with E-state index in [9.17, 15) is 13.5 Å². The topological polar surface area (TPSA) is 69.6 Å². The van der Waals surface area contributed by atoms with E-state index >= 15 is 0 Å². The number of nitrogens with zero attached hydrogens (tertiary/aromatic N) is 1. The molecule has 1 aliphatic carbocycles. The summed E-state index contributed by atoms with van der Waals surface area (Å²) in [6.07, 6.45) is 3.46. The quantitative estimate of drug-likeness (QED) is 0.742. The van der Waals surface area contributed by atoms with E-state index in [0.29, 0.717) is 19.6 Å². The lowest BCUT2D eigenvalue weighted by atomic mass is 9.87. The van der Waals surface area contributed by atoms with Gasteiger partial charge in [0, 0.05) is 19.6 Å². The van der Waals surface area contributed by atoms with Crippen molar-refractivity contribution >= 4 is 10.2 Å². The van der Waals surface area contributed by atoms with Gasteiger partial charge in [0.05, 0.1) is 6.10 Å². The Balaban J connectivity index is 2.48. The van der Waals surface area contributed by atoms with Crippen molar-refractivity contribution in [1.29, 1.82) is 0 Å². The molecular formula is C11H24N2O3S. The van der Waals surface area contributed by atoms with Gasteiger partial charge >= 0.3 is 0 Å². The molecule has 0 aromatic carbocycles. The highest BCUT2D eigenvalue weighted by atomic mass is 32.2. The Morgan fingerprint density at radius 1 is 1.24 bits per heavy atom. The van der Waals surface area contributed by atoms with Gasteiger partial charge in [-0.05, 0) is 18.8 Å². The zero-order valence-electron chi connectivity index (χ0n) is 10.7. The van der Waals surface area contributed by atoms with Crippen LogP contribution in [0, 0.1) is 5.92 Å². The van der Waals surface area contributed by atoms with Gasteiger partial charge < -0.3 is 5.11 Å². The largest absolute Gasteiger partial charge is 0.393 e. The maximum Gasteiger partial charge on any atom is 0.279 e. The molecule has 2 N–H and O–H groups in total. The molecule has 1 saturated carbocycles. The third-order valence-electron chi connectivity index (χ3n) is 3.44. The Hall–Kier alpha value is -0.170. The molecule has 2 atom stereocenters. The smallest absolute Gasteiger partial charge is 0.279 e. The molecule has 0 spiro atoms. The van der Waals surface area contributed by atoms with E-state index in [1.54, 1.807) is 0 Å². The van der Waals surface area contributed by atoms with Gasteiger partial charge in [0.25, 0.3) is 10.2 Å². The molecule has 0 radical (unpaired) electrons. The highest BCUT2D eigenvalue weighted by Gasteiger charge is 2.26. The standard InChI is InChI=1S/C11H24N2O3S/c1-3-13(4-2)17(15,16)12-9-10-7-5-6-8-11(10)14/h10-12,14H,3-9H2,1-2H3. The van der Waals surface area contributed by atoms with Gasteiger partial charge in [0.15, 0.2) is 0 Å². The fourth-order valence-corrected chi connectivity index (χ4v) is 3.58. The fraction of sp³-hybridized carbons (Fsp3) is 1.00. The summed E-state index contributed by atoms with van der Waals surface area (Å²) in [5, 5.41) is 9.77. The predicted molar refractivity (Wildman–Crippen MR) is 67.8 cm³/mol. The second-order valence-electron chi connectivity index (χ2n) is 4.55. The van der Waals surface area contributed by atoms with Crippen LogP contribution in [-0.2, 0) is 10.2 Å². The average molecular weight is 264 g/mol. The Bertz CT molecular complexity index is 315. The number of rotatable bonds is 6. The van der Waals surface area contributed by atoms with Crippen LogP contribution in [0.4, 0.5) is 0 Å². The molecule has 2 unspecified atom stereocenters. The fourth-order valence-electron chi connectivity index (χ4n) is 2.29. The van der Waals surface area contributed by atoms with Gasteiger partial charge in [0.2, 0.25) is 0 Å². The number of aliphatic hydroxyl groups is 1. The van der Waals surface area contributed by atoms with Crippen LogP contribution in [0.25, 0.3) is 0 Å². The maximum atomic E-state index is 11.9. The van der Waals surface area contributed by atoms with Crippen molar-refractivity contribution in [2.75, 3.05) is 19.6 Å². The van der Waals surface area contributed by atoms with E-state index < -0.39 is 10.2 Å². The Morgan fingerprint density at radius 2 is 1.82 bits per heavy atom. The highest BCUT2D eigenvalue weighted by molar-refractivity contribution is 7.87. The summed E-state index contributed by atoms with van der Waals surface area (Å²) in [6, 6.07) is 0. The van der Waals surface area contributed by atoms with Crippen LogP contribution in [0.5, 0.6) is 0 Å². The highest BCUT2D eigenvalue weighted by Crippen LogP contribution is 2.23. The molecule has 1 aliphatic rings. The zero-order valence-corrected chi connectivity index (χ0v) is 11.5. The molecule has 5 nitrogen and oxygen atoms in total. The Kier molecular flexibility index (Phi) is 5.85. The molecule has 0 aliphatic heterocycles. The lowest BCUT2D eigenvalue weighted by Crippen LogP contribution is -2.44. The second kappa shape index (κ2) is 6.68. The first-order valence-corrected chi connectivity index (χ1v) is 7.88. The van der Waals surface area contributed by atoms with E-state index in [2.05, 4.69) is 4.72 Å². The first-order chi connectivity index (χ1) is 8.01. The Labute approximate surface area is 104 Å². The van der Waals surface area contributed by atoms with E-state index in [0.717, 1.165) is 25.7 Å². The van der Waals surface area contributed by atoms with Crippen LogP contribution in [-0.4, -0.2) is 43.6 Å². The van der Waals surface area contributed by atoms with Crippen LogP contribution in [0.3, 0.4) is 0 Å². The van der Waals surface area contributed by atoms with Gasteiger partial charge in [-0.3, -0.25) is 0 Å². The summed E-state index contributed by atoms with van der Waals surface area (Å²) < 4.78 is 27.7. The summed E-state index contributed by atoms with van der Waals surface area (Å²) in [6.45, 7) is 4.93. The molecule has 0 aromatic rings. The van der Waals surface area contributed by atoms with Crippen LogP contribution in [0.1, 0.15) is 39.5 Å². The molecule has 1 fully saturated rings. The summed E-state index contributed by atoms with van der Waals surface area (Å²) in [5.74, 6) is 0.0640. The van der Waals surface area contributed by atoms with Crippen molar-refractivity contribution in [3.8, 4) is 0 Å². The van der Waals surface area contributed by atoms with Gasteiger partial charge in [-0.1, -0.05) is 26.7 Å². The molecule has 0 saturated heterocycles. The SMILES string of the molecule is CCN(CC)S(=O)(=O)NCC1CCCCC1O. The van der Waals surface area contributed by atoms with Gasteiger partial charge in [-0.2, -0.15) is 12.7 Å². The minimum absolute atomic E-state index is 0.0640. The van der Waals surface area contributed by atoms with Crippen molar-refractivity contribution in [3.05, 3.63) is 0 Å². The van der Waals surface area contributed by atoms with Crippen molar-refractivity contribution < 1.29 is 13.5 Å². The van der Waals surface area contributed by atoms with Crippen molar-refractivity contribution in [2.24, 2.45) is 5.92 Å². The van der Waals surface area contributed by atoms with Gasteiger partial charge in [-0.25, -0.2) is 4.72 Å². The lowest BCUT2D eigenvalue weighted by molar-refractivity contribution is 0.0722. The minimum atomic E-state index is -3.37. The molecule has 1 rings (SSSR count). The van der Waals surface area contributed by atoms with Crippen molar-refractivity contribution in [3.63, 3.8) is 0 Å². The average Bonchev–Trinajstić information content (AvgIpc) is 2.29. The van der Waals surface area contributed by atoms with Crippen LogP contribution in [0.2, 0.25) is 0 Å². The van der Waals surface area contributed by atoms with E-state index in [-0.39, 0.29) is 12.0 Å². The number of nitrogens with one attached hydrogen (secondary N) is 1. The van der Waals surface area contributed by atoms with Crippen molar-refractivity contribution in [1.82, 2.24) is 9.03 Å². The van der Waals surface area contributed by atoms with Gasteiger partial charge in [-0.15, -0.1) is 0 Å². The van der Waals surface area contributed by atoms with Crippen LogP contribution in [0.15, 0.2) is 0 Å². The number of hydrogen-bond donors (Lipinski definition) is 2. The predicted octanol–water partition coefficient (Wildman–Crippen LogP) is 0.714. The minimum Gasteiger partial charge on any atom is -0.393 e. The lowest BCUT2D eigenvalue weighted by Gasteiger charge is -2.28. The van der Waals surface area contributed by atoms with Crippen molar-refractivity contribution in [2.45, 2.75) is 45.6 Å². The van der Waals surface area contributed by atoms with E-state index in [4.69, 9.17) is 0 Å². The normalized spacial score (nSPS) is 26.4. The van der Waals surface area contributed by atoms with Crippen LogP contribution >= 0.6 is 0 Å². The molecular weight excluding hydrogens is 240 g/mol. The second-order valence-corrected chi connectivity index (χ2v) is 6.30. The maximum absolute atomic E-state index is 11.9. The number of aliphatic hydroxyl groups excluding tert-OH is 1. The molecule has 17 heavy (non-hydrogen) atoms. The molecule has 0 aromatic heterocycles. The molecule has 0 amide bonds. The Morgan fingerprint density at radius 3 is 2.35 bits per heavy atom. The van der Waals surface area contributed by atoms with Crippen LogP contribution < -0.4 is 4.72 Å². The third kappa shape index (κ3) is 4.21. The van der Waals surface area contributed by atoms with E-state index in [1.807, 2.05) is 13.8 Å². The summed E-state index contributed by atoms with van der Waals surface area (Å²) in [7, 11) is -3.37. The molecule has 6 heteroatoms.